The van der Waals surface area contributed by atoms with E-state index in [1.54, 1.807) is 0 Å². The molecule has 0 saturated carbocycles. The lowest BCUT2D eigenvalue weighted by molar-refractivity contribution is 0.107. The van der Waals surface area contributed by atoms with E-state index in [0.29, 0.717) is 0 Å². The Morgan fingerprint density at radius 2 is 2.00 bits per heavy atom. The molecule has 82 valence electrons. The van der Waals surface area contributed by atoms with Crippen LogP contribution in [0.1, 0.15) is 10.4 Å². The third-order valence-electron chi connectivity index (χ3n) is 1.67. The van der Waals surface area contributed by atoms with Crippen molar-refractivity contribution < 1.29 is 17.9 Å². The van der Waals surface area contributed by atoms with Gasteiger partial charge in [-0.05, 0) is 23.7 Å². The van der Waals surface area contributed by atoms with Crippen LogP contribution in [-0.4, -0.2) is 20.8 Å². The van der Waals surface area contributed by atoms with E-state index in [1.807, 2.05) is 0 Å². The summed E-state index contributed by atoms with van der Waals surface area (Å²) in [6.07, 6.45) is 0. The lowest BCUT2D eigenvalue weighted by Crippen LogP contribution is -1.98. The Balaban J connectivity index is 3.38. The number of carbonyl (C=O) groups is 1. The molecule has 0 fully saturated rings. The fourth-order valence-corrected chi connectivity index (χ4v) is 1.91. The monoisotopic (exact) mass is 268 g/mol. The molecule has 0 aromatic heterocycles. The fourth-order valence-electron chi connectivity index (χ4n) is 0.986. The molecule has 1 aromatic rings. The number of ether oxygens (including phenoxy) is 1. The number of benzene rings is 1. The van der Waals surface area contributed by atoms with E-state index in [2.05, 4.69) is 0 Å². The van der Waals surface area contributed by atoms with Gasteiger partial charge in [0.1, 0.15) is 5.75 Å². The first-order chi connectivity index (χ1) is 6.86. The number of methoxy groups -OCH3 is 1. The molecule has 0 amide bonds. The maximum Gasteiger partial charge on any atom is 0.261 e. The molecule has 15 heavy (non-hydrogen) atoms. The SMILES string of the molecule is COc1cc(S(=O)(=O)Cl)ccc1C(=O)Cl. The number of halogens is 2. The lowest BCUT2D eigenvalue weighted by atomic mass is 10.2. The van der Waals surface area contributed by atoms with Crippen molar-refractivity contribution in [3.63, 3.8) is 0 Å². The second kappa shape index (κ2) is 4.38. The molecule has 0 atom stereocenters. The largest absolute Gasteiger partial charge is 0.496 e. The van der Waals surface area contributed by atoms with Gasteiger partial charge in [-0.15, -0.1) is 0 Å². The zero-order chi connectivity index (χ0) is 11.6. The zero-order valence-electron chi connectivity index (χ0n) is 7.53. The maximum atomic E-state index is 11.0. The maximum absolute atomic E-state index is 11.0. The van der Waals surface area contributed by atoms with E-state index < -0.39 is 14.3 Å². The average Bonchev–Trinajstić information content (AvgIpc) is 2.15. The molecule has 0 aliphatic carbocycles. The van der Waals surface area contributed by atoms with Gasteiger partial charge in [0.25, 0.3) is 14.3 Å². The van der Waals surface area contributed by atoms with E-state index in [4.69, 9.17) is 27.0 Å². The van der Waals surface area contributed by atoms with Crippen molar-refractivity contribution in [3.05, 3.63) is 23.8 Å². The summed E-state index contributed by atoms with van der Waals surface area (Å²) < 4.78 is 26.8. The van der Waals surface area contributed by atoms with Gasteiger partial charge in [0, 0.05) is 16.7 Å². The highest BCUT2D eigenvalue weighted by Crippen LogP contribution is 2.25. The van der Waals surface area contributed by atoms with Gasteiger partial charge in [0.2, 0.25) is 0 Å². The minimum atomic E-state index is -3.84. The molecule has 0 spiro atoms. The third kappa shape index (κ3) is 2.84. The summed E-state index contributed by atoms with van der Waals surface area (Å²) in [7, 11) is 2.57. The molecular formula is C8H6Cl2O4S. The molecular weight excluding hydrogens is 263 g/mol. The predicted octanol–water partition coefficient (Wildman–Crippen LogP) is 2.00. The van der Waals surface area contributed by atoms with Gasteiger partial charge in [-0.25, -0.2) is 8.42 Å². The Morgan fingerprint density at radius 1 is 1.40 bits per heavy atom. The van der Waals surface area contributed by atoms with Crippen molar-refractivity contribution in [3.8, 4) is 5.75 Å². The molecule has 0 heterocycles. The van der Waals surface area contributed by atoms with Gasteiger partial charge in [-0.1, -0.05) is 0 Å². The highest BCUT2D eigenvalue weighted by molar-refractivity contribution is 8.13. The van der Waals surface area contributed by atoms with Crippen LogP contribution in [0.4, 0.5) is 0 Å². The predicted molar refractivity (Wildman–Crippen MR) is 56.2 cm³/mol. The molecule has 0 aliphatic heterocycles. The molecule has 0 saturated heterocycles. The summed E-state index contributed by atoms with van der Waals surface area (Å²) in [5.74, 6) is 0.0664. The van der Waals surface area contributed by atoms with Gasteiger partial charge in [-0.2, -0.15) is 0 Å². The topological polar surface area (TPSA) is 60.4 Å². The van der Waals surface area contributed by atoms with Crippen LogP contribution in [0, 0.1) is 0 Å². The van der Waals surface area contributed by atoms with E-state index in [1.165, 1.54) is 19.2 Å². The molecule has 1 aromatic carbocycles. The Bertz CT molecular complexity index is 495. The van der Waals surface area contributed by atoms with Crippen molar-refractivity contribution in [1.82, 2.24) is 0 Å². The summed E-state index contributed by atoms with van der Waals surface area (Å²) in [5.41, 5.74) is 0.0863. The molecule has 0 bridgehead atoms. The molecule has 0 radical (unpaired) electrons. The Hall–Kier alpha value is -0.780. The van der Waals surface area contributed by atoms with Crippen LogP contribution >= 0.6 is 22.3 Å². The number of hydrogen-bond donors (Lipinski definition) is 0. The standard InChI is InChI=1S/C8H6Cl2O4S/c1-14-7-4-5(15(10,12)13)2-3-6(7)8(9)11/h2-4H,1H3. The Kier molecular flexibility index (Phi) is 3.59. The van der Waals surface area contributed by atoms with Crippen LogP contribution in [0.3, 0.4) is 0 Å². The van der Waals surface area contributed by atoms with Crippen molar-refractivity contribution >= 4 is 36.6 Å². The Labute approximate surface area is 96.2 Å². The quantitative estimate of drug-likeness (QED) is 0.787. The van der Waals surface area contributed by atoms with Crippen LogP contribution < -0.4 is 4.74 Å². The first kappa shape index (κ1) is 12.3. The molecule has 7 heteroatoms. The molecule has 0 N–H and O–H groups in total. The first-order valence-electron chi connectivity index (χ1n) is 3.69. The smallest absolute Gasteiger partial charge is 0.261 e. The average molecular weight is 269 g/mol. The van der Waals surface area contributed by atoms with Crippen LogP contribution in [0.5, 0.6) is 5.75 Å². The molecule has 4 nitrogen and oxygen atoms in total. The van der Waals surface area contributed by atoms with E-state index >= 15 is 0 Å². The van der Waals surface area contributed by atoms with Gasteiger partial charge in [-0.3, -0.25) is 4.79 Å². The summed E-state index contributed by atoms with van der Waals surface area (Å²) in [5, 5.41) is -0.731. The van der Waals surface area contributed by atoms with Gasteiger partial charge >= 0.3 is 0 Å². The number of carbonyl (C=O) groups excluding carboxylic acids is 1. The molecule has 0 aliphatic rings. The fraction of sp³-hybridized carbons (Fsp3) is 0.125. The van der Waals surface area contributed by atoms with E-state index in [9.17, 15) is 13.2 Å². The summed E-state index contributed by atoms with van der Waals surface area (Å²) >= 11 is 5.25. The van der Waals surface area contributed by atoms with Gasteiger partial charge in [0.05, 0.1) is 17.6 Å². The number of rotatable bonds is 3. The third-order valence-corrected chi connectivity index (χ3v) is 3.22. The summed E-state index contributed by atoms with van der Waals surface area (Å²) in [6, 6.07) is 3.56. The second-order valence-electron chi connectivity index (χ2n) is 2.57. The summed E-state index contributed by atoms with van der Waals surface area (Å²) in [6.45, 7) is 0. The zero-order valence-corrected chi connectivity index (χ0v) is 9.86. The molecule has 1 rings (SSSR count). The van der Waals surface area contributed by atoms with Crippen LogP contribution in [-0.2, 0) is 9.05 Å². The van der Waals surface area contributed by atoms with Crippen molar-refractivity contribution in [1.29, 1.82) is 0 Å². The van der Waals surface area contributed by atoms with Crippen molar-refractivity contribution in [2.75, 3.05) is 7.11 Å². The highest BCUT2D eigenvalue weighted by atomic mass is 35.7. The van der Waals surface area contributed by atoms with Crippen LogP contribution in [0.15, 0.2) is 23.1 Å². The first-order valence-corrected chi connectivity index (χ1v) is 6.37. The van der Waals surface area contributed by atoms with Gasteiger partial charge in [0.15, 0.2) is 0 Å². The number of hydrogen-bond acceptors (Lipinski definition) is 4. The minimum Gasteiger partial charge on any atom is -0.496 e. The van der Waals surface area contributed by atoms with Gasteiger partial charge < -0.3 is 4.74 Å². The van der Waals surface area contributed by atoms with Crippen molar-refractivity contribution in [2.45, 2.75) is 4.90 Å². The van der Waals surface area contributed by atoms with E-state index in [0.717, 1.165) is 6.07 Å². The van der Waals surface area contributed by atoms with E-state index in [-0.39, 0.29) is 16.2 Å². The normalized spacial score (nSPS) is 11.1. The molecule has 0 unspecified atom stereocenters. The van der Waals surface area contributed by atoms with Crippen molar-refractivity contribution in [2.24, 2.45) is 0 Å². The lowest BCUT2D eigenvalue weighted by Gasteiger charge is -2.05. The second-order valence-corrected chi connectivity index (χ2v) is 5.48. The van der Waals surface area contributed by atoms with Crippen LogP contribution in [0.2, 0.25) is 0 Å². The highest BCUT2D eigenvalue weighted by Gasteiger charge is 2.16. The van der Waals surface area contributed by atoms with Crippen LogP contribution in [0.25, 0.3) is 0 Å². The summed E-state index contributed by atoms with van der Waals surface area (Å²) in [4.78, 5) is 10.7. The minimum absolute atomic E-state index is 0.0664. The Morgan fingerprint density at radius 3 is 2.40 bits per heavy atom.